The average Bonchev–Trinajstić information content (AvgIpc) is 2.85. The van der Waals surface area contributed by atoms with Crippen molar-refractivity contribution in [3.63, 3.8) is 0 Å². The summed E-state index contributed by atoms with van der Waals surface area (Å²) < 4.78 is 5.90. The number of ether oxygens (including phenoxy) is 1. The van der Waals surface area contributed by atoms with Gasteiger partial charge in [0.15, 0.2) is 0 Å². The smallest absolute Gasteiger partial charge is 0.138 e. The average molecular weight is 267 g/mol. The molecular weight excluding hydrogens is 248 g/mol. The molecule has 1 aliphatic carbocycles. The molecule has 1 atom stereocenters. The predicted molar refractivity (Wildman–Crippen MR) is 73.4 cm³/mol. The zero-order chi connectivity index (χ0) is 13.0. The normalized spacial score (nSPS) is 17.7. The highest BCUT2D eigenvalue weighted by Gasteiger charge is 2.18. The first-order chi connectivity index (χ1) is 8.70. The van der Waals surface area contributed by atoms with E-state index in [-0.39, 0.29) is 5.92 Å². The minimum Gasteiger partial charge on any atom is -0.489 e. The van der Waals surface area contributed by atoms with Gasteiger partial charge in [0.1, 0.15) is 12.0 Å². The molecular formula is C15H19ClO2. The van der Waals surface area contributed by atoms with E-state index in [0.717, 1.165) is 30.4 Å². The second-order valence-electron chi connectivity index (χ2n) is 5.02. The van der Waals surface area contributed by atoms with Gasteiger partial charge in [-0.3, -0.25) is 0 Å². The van der Waals surface area contributed by atoms with Crippen molar-refractivity contribution < 1.29 is 9.53 Å². The summed E-state index contributed by atoms with van der Waals surface area (Å²) in [6.45, 7) is 2.03. The first-order valence-corrected chi connectivity index (χ1v) is 6.98. The lowest BCUT2D eigenvalue weighted by Gasteiger charge is -2.16. The van der Waals surface area contributed by atoms with E-state index in [1.807, 2.05) is 25.1 Å². The Hall–Kier alpha value is -1.02. The topological polar surface area (TPSA) is 26.3 Å². The van der Waals surface area contributed by atoms with Crippen molar-refractivity contribution in [1.82, 2.24) is 0 Å². The van der Waals surface area contributed by atoms with Crippen LogP contribution < -0.4 is 4.74 Å². The Labute approximate surface area is 113 Å². The minimum atomic E-state index is 0.209. The molecule has 0 aromatic heterocycles. The third-order valence-electron chi connectivity index (χ3n) is 3.57. The van der Waals surface area contributed by atoms with Gasteiger partial charge in [-0.25, -0.2) is 0 Å². The summed E-state index contributed by atoms with van der Waals surface area (Å²) in [6, 6.07) is 5.85. The van der Waals surface area contributed by atoms with Crippen molar-refractivity contribution in [2.45, 2.75) is 51.0 Å². The Kier molecular flexibility index (Phi) is 4.65. The Bertz CT molecular complexity index is 411. The van der Waals surface area contributed by atoms with Crippen molar-refractivity contribution in [1.29, 1.82) is 0 Å². The van der Waals surface area contributed by atoms with Gasteiger partial charge in [0, 0.05) is 6.42 Å². The lowest BCUT2D eigenvalue weighted by molar-refractivity contribution is -0.108. The molecule has 98 valence electrons. The van der Waals surface area contributed by atoms with E-state index in [2.05, 4.69) is 0 Å². The highest BCUT2D eigenvalue weighted by atomic mass is 35.5. The largest absolute Gasteiger partial charge is 0.489 e. The molecule has 0 heterocycles. The molecule has 1 aliphatic rings. The fourth-order valence-electron chi connectivity index (χ4n) is 2.39. The number of aldehydes is 1. The highest BCUT2D eigenvalue weighted by molar-refractivity contribution is 6.32. The number of halogens is 1. The molecule has 0 saturated heterocycles. The number of hydrogen-bond acceptors (Lipinski definition) is 2. The fourth-order valence-corrected chi connectivity index (χ4v) is 2.62. The third-order valence-corrected chi connectivity index (χ3v) is 3.87. The van der Waals surface area contributed by atoms with Crippen LogP contribution in [-0.2, 0) is 4.79 Å². The van der Waals surface area contributed by atoms with Crippen LogP contribution in [-0.4, -0.2) is 12.4 Å². The summed E-state index contributed by atoms with van der Waals surface area (Å²) >= 11 is 6.24. The lowest BCUT2D eigenvalue weighted by atomic mass is 9.98. The molecule has 1 aromatic carbocycles. The molecule has 0 N–H and O–H groups in total. The van der Waals surface area contributed by atoms with Crippen LogP contribution in [0.3, 0.4) is 0 Å². The zero-order valence-corrected chi connectivity index (χ0v) is 11.5. The maximum absolute atomic E-state index is 10.5. The van der Waals surface area contributed by atoms with E-state index in [9.17, 15) is 4.79 Å². The summed E-state index contributed by atoms with van der Waals surface area (Å²) in [7, 11) is 0. The lowest BCUT2D eigenvalue weighted by Crippen LogP contribution is -2.11. The SMILES string of the molecule is CC(CC=O)c1ccc(OC2CCCC2)c(Cl)c1. The molecule has 0 amide bonds. The Morgan fingerprint density at radius 3 is 2.78 bits per heavy atom. The molecule has 3 heteroatoms. The maximum atomic E-state index is 10.5. The molecule has 1 fully saturated rings. The van der Waals surface area contributed by atoms with Gasteiger partial charge in [-0.1, -0.05) is 24.6 Å². The van der Waals surface area contributed by atoms with Crippen LogP contribution in [0, 0.1) is 0 Å². The zero-order valence-electron chi connectivity index (χ0n) is 10.7. The molecule has 0 bridgehead atoms. The summed E-state index contributed by atoms with van der Waals surface area (Å²) in [5.74, 6) is 0.978. The van der Waals surface area contributed by atoms with Gasteiger partial charge in [-0.05, 0) is 49.3 Å². The van der Waals surface area contributed by atoms with E-state index in [1.165, 1.54) is 12.8 Å². The van der Waals surface area contributed by atoms with Gasteiger partial charge < -0.3 is 9.53 Å². The Morgan fingerprint density at radius 2 is 2.17 bits per heavy atom. The van der Waals surface area contributed by atoms with E-state index >= 15 is 0 Å². The second kappa shape index (κ2) is 6.24. The van der Waals surface area contributed by atoms with Crippen molar-refractivity contribution in [3.8, 4) is 5.75 Å². The van der Waals surface area contributed by atoms with E-state index in [0.29, 0.717) is 17.5 Å². The van der Waals surface area contributed by atoms with Crippen LogP contribution in [0.4, 0.5) is 0 Å². The van der Waals surface area contributed by atoms with Gasteiger partial charge in [0.25, 0.3) is 0 Å². The first kappa shape index (κ1) is 13.4. The van der Waals surface area contributed by atoms with Crippen LogP contribution in [0.5, 0.6) is 5.75 Å². The van der Waals surface area contributed by atoms with Gasteiger partial charge in [0.05, 0.1) is 11.1 Å². The van der Waals surface area contributed by atoms with E-state index in [4.69, 9.17) is 16.3 Å². The van der Waals surface area contributed by atoms with Crippen molar-refractivity contribution in [3.05, 3.63) is 28.8 Å². The highest BCUT2D eigenvalue weighted by Crippen LogP contribution is 2.32. The van der Waals surface area contributed by atoms with Gasteiger partial charge in [-0.15, -0.1) is 0 Å². The van der Waals surface area contributed by atoms with Crippen LogP contribution in [0.25, 0.3) is 0 Å². The van der Waals surface area contributed by atoms with E-state index in [1.54, 1.807) is 0 Å². The molecule has 0 spiro atoms. The molecule has 2 rings (SSSR count). The summed E-state index contributed by atoms with van der Waals surface area (Å²) in [4.78, 5) is 10.5. The second-order valence-corrected chi connectivity index (χ2v) is 5.42. The predicted octanol–water partition coefficient (Wildman–Crippen LogP) is 4.35. The van der Waals surface area contributed by atoms with Gasteiger partial charge >= 0.3 is 0 Å². The van der Waals surface area contributed by atoms with Gasteiger partial charge in [-0.2, -0.15) is 0 Å². The number of rotatable bonds is 5. The maximum Gasteiger partial charge on any atom is 0.138 e. The van der Waals surface area contributed by atoms with Crippen molar-refractivity contribution >= 4 is 17.9 Å². The number of benzene rings is 1. The van der Waals surface area contributed by atoms with Crippen molar-refractivity contribution in [2.24, 2.45) is 0 Å². The monoisotopic (exact) mass is 266 g/mol. The molecule has 18 heavy (non-hydrogen) atoms. The minimum absolute atomic E-state index is 0.209. The molecule has 2 nitrogen and oxygen atoms in total. The van der Waals surface area contributed by atoms with Crippen molar-refractivity contribution in [2.75, 3.05) is 0 Å². The first-order valence-electron chi connectivity index (χ1n) is 6.60. The summed E-state index contributed by atoms with van der Waals surface area (Å²) in [5.41, 5.74) is 1.09. The Balaban J connectivity index is 2.06. The number of carbonyl (C=O) groups excluding carboxylic acids is 1. The van der Waals surface area contributed by atoms with Crippen LogP contribution in [0.15, 0.2) is 18.2 Å². The van der Waals surface area contributed by atoms with Crippen LogP contribution >= 0.6 is 11.6 Å². The standard InChI is InChI=1S/C15H19ClO2/c1-11(8-9-17)12-6-7-15(14(16)10-12)18-13-4-2-3-5-13/h6-7,9-11,13H,2-5,8H2,1H3. The summed E-state index contributed by atoms with van der Waals surface area (Å²) in [6.07, 6.45) is 6.54. The molecule has 1 saturated carbocycles. The number of hydrogen-bond donors (Lipinski definition) is 0. The van der Waals surface area contributed by atoms with Crippen LogP contribution in [0.1, 0.15) is 50.5 Å². The third kappa shape index (κ3) is 3.26. The molecule has 1 unspecified atom stereocenters. The molecule has 1 aromatic rings. The van der Waals surface area contributed by atoms with Gasteiger partial charge in [0.2, 0.25) is 0 Å². The quantitative estimate of drug-likeness (QED) is 0.741. The molecule has 0 aliphatic heterocycles. The Morgan fingerprint density at radius 1 is 1.44 bits per heavy atom. The molecule has 0 radical (unpaired) electrons. The number of carbonyl (C=O) groups is 1. The van der Waals surface area contributed by atoms with E-state index < -0.39 is 0 Å². The summed E-state index contributed by atoms with van der Waals surface area (Å²) in [5, 5.41) is 0.650. The fraction of sp³-hybridized carbons (Fsp3) is 0.533. The van der Waals surface area contributed by atoms with Crippen LogP contribution in [0.2, 0.25) is 5.02 Å².